The Bertz CT molecular complexity index is 723. The molecule has 0 radical (unpaired) electrons. The van der Waals surface area contributed by atoms with Crippen molar-refractivity contribution in [1.29, 1.82) is 0 Å². The van der Waals surface area contributed by atoms with Gasteiger partial charge in [0.15, 0.2) is 0 Å². The van der Waals surface area contributed by atoms with E-state index < -0.39 is 10.0 Å². The van der Waals surface area contributed by atoms with E-state index in [4.69, 9.17) is 5.73 Å². The maximum atomic E-state index is 12.4. The van der Waals surface area contributed by atoms with Crippen LogP contribution in [0.1, 0.15) is 42.2 Å². The van der Waals surface area contributed by atoms with E-state index in [2.05, 4.69) is 9.71 Å². The van der Waals surface area contributed by atoms with Crippen LogP contribution in [0.3, 0.4) is 0 Å². The number of thiazole rings is 1. The minimum atomic E-state index is -3.59. The van der Waals surface area contributed by atoms with Gasteiger partial charge < -0.3 is 5.73 Å². The van der Waals surface area contributed by atoms with Crippen molar-refractivity contribution in [2.45, 2.75) is 37.8 Å². The fourth-order valence-electron chi connectivity index (χ4n) is 1.89. The Labute approximate surface area is 129 Å². The first-order valence-corrected chi connectivity index (χ1v) is 8.96. The fourth-order valence-corrected chi connectivity index (χ4v) is 4.03. The van der Waals surface area contributed by atoms with Crippen LogP contribution < -0.4 is 10.5 Å². The Kier molecular flexibility index (Phi) is 4.77. The fraction of sp³-hybridized carbons (Fsp3) is 0.357. The molecule has 0 fully saturated rings. The lowest BCUT2D eigenvalue weighted by molar-refractivity contribution is 0.566. The zero-order valence-corrected chi connectivity index (χ0v) is 13.8. The van der Waals surface area contributed by atoms with Crippen LogP contribution in [-0.2, 0) is 10.0 Å². The third kappa shape index (κ3) is 3.88. The van der Waals surface area contributed by atoms with Crippen LogP contribution in [0.25, 0.3) is 0 Å². The normalized spacial score (nSPS) is 14.9. The molecule has 0 aliphatic rings. The number of sulfonamides is 1. The lowest BCUT2D eigenvalue weighted by atomic mass is 10.1. The molecule has 0 saturated carbocycles. The van der Waals surface area contributed by atoms with E-state index in [1.165, 1.54) is 11.3 Å². The maximum absolute atomic E-state index is 12.4. The molecule has 2 aromatic rings. The van der Waals surface area contributed by atoms with Crippen LogP contribution in [0, 0.1) is 6.92 Å². The highest BCUT2D eigenvalue weighted by atomic mass is 32.2. The summed E-state index contributed by atoms with van der Waals surface area (Å²) in [6.45, 7) is 5.48. The van der Waals surface area contributed by atoms with Gasteiger partial charge in [-0.15, -0.1) is 11.3 Å². The summed E-state index contributed by atoms with van der Waals surface area (Å²) in [4.78, 5) is 4.53. The smallest absolute Gasteiger partial charge is 0.241 e. The second-order valence-corrected chi connectivity index (χ2v) is 7.63. The molecule has 0 bridgehead atoms. The summed E-state index contributed by atoms with van der Waals surface area (Å²) in [5, 5.41) is 2.65. The molecule has 7 heteroatoms. The predicted molar refractivity (Wildman–Crippen MR) is 84.6 cm³/mol. The van der Waals surface area contributed by atoms with Gasteiger partial charge in [-0.2, -0.15) is 0 Å². The lowest BCUT2D eigenvalue weighted by Crippen LogP contribution is -2.27. The second-order valence-electron chi connectivity index (χ2n) is 5.03. The number of aromatic nitrogens is 1. The molecule has 0 aliphatic heterocycles. The molecule has 3 N–H and O–H groups in total. The molecule has 1 heterocycles. The molecular weight excluding hydrogens is 306 g/mol. The molecule has 1 aromatic carbocycles. The van der Waals surface area contributed by atoms with Crippen molar-refractivity contribution >= 4 is 21.4 Å². The lowest BCUT2D eigenvalue weighted by Gasteiger charge is -2.13. The molecule has 0 saturated heterocycles. The summed E-state index contributed by atoms with van der Waals surface area (Å²) >= 11 is 1.44. The van der Waals surface area contributed by atoms with E-state index in [9.17, 15) is 8.42 Å². The van der Waals surface area contributed by atoms with E-state index in [-0.39, 0.29) is 17.0 Å². The highest BCUT2D eigenvalue weighted by Crippen LogP contribution is 2.21. The van der Waals surface area contributed by atoms with Gasteiger partial charge in [-0.3, -0.25) is 0 Å². The van der Waals surface area contributed by atoms with E-state index >= 15 is 0 Å². The van der Waals surface area contributed by atoms with Gasteiger partial charge in [0, 0.05) is 17.1 Å². The maximum Gasteiger partial charge on any atom is 0.241 e. The number of hydrogen-bond donors (Lipinski definition) is 2. The van der Waals surface area contributed by atoms with Crippen molar-refractivity contribution in [3.63, 3.8) is 0 Å². The quantitative estimate of drug-likeness (QED) is 0.884. The van der Waals surface area contributed by atoms with Crippen molar-refractivity contribution in [3.05, 3.63) is 45.9 Å². The first kappa shape index (κ1) is 16.1. The molecule has 0 spiro atoms. The zero-order valence-electron chi connectivity index (χ0n) is 12.2. The first-order valence-electron chi connectivity index (χ1n) is 6.59. The molecule has 1 aromatic heterocycles. The van der Waals surface area contributed by atoms with Crippen molar-refractivity contribution in [3.8, 4) is 0 Å². The van der Waals surface area contributed by atoms with Crippen LogP contribution in [0.15, 0.2) is 34.5 Å². The third-order valence-electron chi connectivity index (χ3n) is 3.03. The van der Waals surface area contributed by atoms with E-state index in [0.717, 1.165) is 16.3 Å². The molecule has 2 unspecified atom stereocenters. The molecule has 114 valence electrons. The SMILES string of the molecule is Cc1csc(C(C)NS(=O)(=O)c2cccc(C(C)N)c2)n1. The molecule has 2 rings (SSSR count). The van der Waals surface area contributed by atoms with E-state index in [0.29, 0.717) is 0 Å². The second kappa shape index (κ2) is 6.23. The minimum Gasteiger partial charge on any atom is -0.324 e. The molecule has 2 atom stereocenters. The van der Waals surface area contributed by atoms with Gasteiger partial charge in [0.1, 0.15) is 5.01 Å². The predicted octanol–water partition coefficient (Wildman–Crippen LogP) is 2.51. The number of nitrogens with two attached hydrogens (primary N) is 1. The number of hydrogen-bond acceptors (Lipinski definition) is 5. The Hall–Kier alpha value is -1.28. The third-order valence-corrected chi connectivity index (χ3v) is 5.72. The molecule has 21 heavy (non-hydrogen) atoms. The molecule has 0 aliphatic carbocycles. The van der Waals surface area contributed by atoms with Crippen LogP contribution in [-0.4, -0.2) is 13.4 Å². The van der Waals surface area contributed by atoms with Crippen LogP contribution in [0.2, 0.25) is 0 Å². The monoisotopic (exact) mass is 325 g/mol. The summed E-state index contributed by atoms with van der Waals surface area (Å²) in [5.74, 6) is 0. The van der Waals surface area contributed by atoms with Crippen molar-refractivity contribution in [2.24, 2.45) is 5.73 Å². The molecule has 0 amide bonds. The topological polar surface area (TPSA) is 85.1 Å². The number of nitrogens with one attached hydrogen (secondary N) is 1. The van der Waals surface area contributed by atoms with Crippen LogP contribution >= 0.6 is 11.3 Å². The summed E-state index contributed by atoms with van der Waals surface area (Å²) in [5.41, 5.74) is 7.47. The Morgan fingerprint density at radius 2 is 2.05 bits per heavy atom. The minimum absolute atomic E-state index is 0.209. The van der Waals surface area contributed by atoms with Gasteiger partial charge in [-0.25, -0.2) is 18.1 Å². The average molecular weight is 325 g/mol. The van der Waals surface area contributed by atoms with Crippen molar-refractivity contribution in [2.75, 3.05) is 0 Å². The summed E-state index contributed by atoms with van der Waals surface area (Å²) in [6, 6.07) is 6.11. The summed E-state index contributed by atoms with van der Waals surface area (Å²) in [7, 11) is -3.59. The van der Waals surface area contributed by atoms with Crippen LogP contribution in [0.4, 0.5) is 0 Å². The Balaban J connectivity index is 2.24. The Morgan fingerprint density at radius 3 is 2.62 bits per heavy atom. The number of benzene rings is 1. The highest BCUT2D eigenvalue weighted by molar-refractivity contribution is 7.89. The van der Waals surface area contributed by atoms with Crippen molar-refractivity contribution in [1.82, 2.24) is 9.71 Å². The zero-order chi connectivity index (χ0) is 15.6. The Morgan fingerprint density at radius 1 is 1.33 bits per heavy atom. The van der Waals surface area contributed by atoms with E-state index in [1.54, 1.807) is 25.1 Å². The average Bonchev–Trinajstić information content (AvgIpc) is 2.85. The molecule has 5 nitrogen and oxygen atoms in total. The van der Waals surface area contributed by atoms with Crippen LogP contribution in [0.5, 0.6) is 0 Å². The highest BCUT2D eigenvalue weighted by Gasteiger charge is 2.20. The van der Waals surface area contributed by atoms with Gasteiger partial charge >= 0.3 is 0 Å². The van der Waals surface area contributed by atoms with Gasteiger partial charge in [0.25, 0.3) is 0 Å². The summed E-state index contributed by atoms with van der Waals surface area (Å²) in [6.07, 6.45) is 0. The summed E-state index contributed by atoms with van der Waals surface area (Å²) < 4.78 is 27.5. The van der Waals surface area contributed by atoms with E-state index in [1.807, 2.05) is 25.3 Å². The number of rotatable bonds is 5. The molecular formula is C14H19N3O2S2. The number of aryl methyl sites for hydroxylation is 1. The number of nitrogens with zero attached hydrogens (tertiary/aromatic N) is 1. The van der Waals surface area contributed by atoms with Gasteiger partial charge in [0.05, 0.1) is 10.9 Å². The largest absolute Gasteiger partial charge is 0.324 e. The van der Waals surface area contributed by atoms with Crippen molar-refractivity contribution < 1.29 is 8.42 Å². The van der Waals surface area contributed by atoms with Gasteiger partial charge in [0.2, 0.25) is 10.0 Å². The van der Waals surface area contributed by atoms with Gasteiger partial charge in [-0.1, -0.05) is 12.1 Å². The first-order chi connectivity index (χ1) is 9.79. The van der Waals surface area contributed by atoms with Gasteiger partial charge in [-0.05, 0) is 38.5 Å². The standard InChI is InChI=1S/C14H19N3O2S2/c1-9-8-20-14(16-9)11(3)17-21(18,19)13-6-4-5-12(7-13)10(2)15/h4-8,10-11,17H,15H2,1-3H3.